The van der Waals surface area contributed by atoms with E-state index < -0.39 is 20.5 Å². The fourth-order valence-corrected chi connectivity index (χ4v) is 9.97. The van der Waals surface area contributed by atoms with E-state index in [0.29, 0.717) is 36.7 Å². The second-order valence-electron chi connectivity index (χ2n) is 12.0. The largest absolute Gasteiger partial charge is 0.473 e. The molecule has 1 heterocycles. The zero-order valence-corrected chi connectivity index (χ0v) is 21.9. The topological polar surface area (TPSA) is 125 Å². The molecule has 2 amide bonds. The number of piperidine rings is 1. The number of likely N-dealkylation sites (tertiary alicyclic amines) is 1. The van der Waals surface area contributed by atoms with Gasteiger partial charge in [0.1, 0.15) is 5.75 Å². The molecule has 0 aromatic heterocycles. The van der Waals surface area contributed by atoms with Crippen molar-refractivity contribution >= 4 is 21.7 Å². The van der Waals surface area contributed by atoms with Gasteiger partial charge >= 0.3 is 0 Å². The van der Waals surface area contributed by atoms with Gasteiger partial charge in [-0.3, -0.25) is 14.8 Å². The van der Waals surface area contributed by atoms with Gasteiger partial charge in [0.05, 0.1) is 4.90 Å². The molecule has 5 saturated carbocycles. The summed E-state index contributed by atoms with van der Waals surface area (Å²) < 4.78 is 31.3. The minimum atomic E-state index is -4.06. The molecule has 10 heteroatoms. The summed E-state index contributed by atoms with van der Waals surface area (Å²) >= 11 is 0. The Labute approximate surface area is 218 Å². The third-order valence-corrected chi connectivity index (χ3v) is 12.4. The van der Waals surface area contributed by atoms with Gasteiger partial charge in [0, 0.05) is 25.0 Å². The van der Waals surface area contributed by atoms with Crippen molar-refractivity contribution < 1.29 is 28.0 Å². The molecule has 3 N–H and O–H groups in total. The molecule has 4 bridgehead atoms. The summed E-state index contributed by atoms with van der Waals surface area (Å²) in [5.41, 5.74) is 1.61. The van der Waals surface area contributed by atoms with E-state index in [4.69, 9.17) is 4.74 Å². The highest BCUT2D eigenvalue weighted by Crippen LogP contribution is 2.56. The lowest BCUT2D eigenvalue weighted by molar-refractivity contribution is -0.139. The summed E-state index contributed by atoms with van der Waals surface area (Å²) in [5.74, 6) is 2.34. The molecule has 0 radical (unpaired) electrons. The van der Waals surface area contributed by atoms with Crippen LogP contribution in [0.3, 0.4) is 0 Å². The highest BCUT2D eigenvalue weighted by Gasteiger charge is 2.54. The maximum atomic E-state index is 13.6. The predicted molar refractivity (Wildman–Crippen MR) is 134 cm³/mol. The van der Waals surface area contributed by atoms with E-state index in [1.54, 1.807) is 17.6 Å². The van der Waals surface area contributed by atoms with Crippen molar-refractivity contribution in [2.24, 2.45) is 29.6 Å². The third-order valence-electron chi connectivity index (χ3n) is 9.85. The Bertz CT molecular complexity index is 1110. The normalized spacial score (nSPS) is 32.6. The number of nitrogens with zero attached hydrogens (tertiary/aromatic N) is 1. The molecule has 1 aliphatic heterocycles. The minimum Gasteiger partial charge on any atom is -0.473 e. The summed E-state index contributed by atoms with van der Waals surface area (Å²) in [7, 11) is -4.06. The Kier molecular flexibility index (Phi) is 6.48. The van der Waals surface area contributed by atoms with Crippen molar-refractivity contribution in [3.05, 3.63) is 24.3 Å². The van der Waals surface area contributed by atoms with Gasteiger partial charge in [-0.1, -0.05) is 0 Å². The Morgan fingerprint density at radius 3 is 2.11 bits per heavy atom. The molecular formula is C27H37N3O6S. The molecule has 1 aromatic rings. The standard InChI is InChI=1S/C27H37N3O6S/c31-25(24-19-12-17-11-18(14-19)15-20(24)13-17)28-16-36-22-3-5-23(6-4-22)37(34,35)27(26(32)29-33)7-9-30(10-8-27)21-1-2-21/h3-6,17-21,24,33H,1-2,7-16H2,(H,28,31)(H,29,32). The molecule has 0 atom stereocenters. The van der Waals surface area contributed by atoms with Gasteiger partial charge in [0.15, 0.2) is 21.3 Å². The first kappa shape index (κ1) is 25.1. The van der Waals surface area contributed by atoms with Gasteiger partial charge in [0.2, 0.25) is 5.91 Å². The zero-order valence-electron chi connectivity index (χ0n) is 21.1. The van der Waals surface area contributed by atoms with Crippen LogP contribution in [0.15, 0.2) is 29.2 Å². The average Bonchev–Trinajstić information content (AvgIpc) is 3.73. The maximum Gasteiger partial charge on any atom is 0.265 e. The molecule has 7 rings (SSSR count). The van der Waals surface area contributed by atoms with Gasteiger partial charge in [0.25, 0.3) is 5.91 Å². The van der Waals surface area contributed by atoms with Gasteiger partial charge in [-0.05, 0) is 106 Å². The molecule has 6 aliphatic rings. The fourth-order valence-electron chi connectivity index (χ4n) is 8.01. The molecule has 9 nitrogen and oxygen atoms in total. The van der Waals surface area contributed by atoms with E-state index in [-0.39, 0.29) is 36.3 Å². The van der Waals surface area contributed by atoms with Crippen LogP contribution in [0.2, 0.25) is 0 Å². The van der Waals surface area contributed by atoms with E-state index >= 15 is 0 Å². The number of hydrogen-bond acceptors (Lipinski definition) is 7. The molecule has 0 spiro atoms. The van der Waals surface area contributed by atoms with Crippen molar-refractivity contribution in [1.29, 1.82) is 0 Å². The summed E-state index contributed by atoms with van der Waals surface area (Å²) in [6, 6.07) is 6.45. The van der Waals surface area contributed by atoms with Crippen LogP contribution in [0.4, 0.5) is 0 Å². The molecule has 1 aromatic carbocycles. The number of hydroxylamine groups is 1. The Morgan fingerprint density at radius 1 is 0.973 bits per heavy atom. The van der Waals surface area contributed by atoms with E-state index in [1.165, 1.54) is 44.2 Å². The molecule has 37 heavy (non-hydrogen) atoms. The monoisotopic (exact) mass is 531 g/mol. The second-order valence-corrected chi connectivity index (χ2v) is 14.2. The molecular weight excluding hydrogens is 494 g/mol. The smallest absolute Gasteiger partial charge is 0.265 e. The summed E-state index contributed by atoms with van der Waals surface area (Å²) in [4.78, 5) is 27.9. The number of carbonyl (C=O) groups excluding carboxylic acids is 2. The van der Waals surface area contributed by atoms with Crippen LogP contribution in [-0.2, 0) is 19.4 Å². The first-order chi connectivity index (χ1) is 17.8. The van der Waals surface area contributed by atoms with E-state index in [9.17, 15) is 23.2 Å². The second kappa shape index (κ2) is 9.54. The molecule has 1 saturated heterocycles. The van der Waals surface area contributed by atoms with E-state index in [2.05, 4.69) is 10.2 Å². The zero-order chi connectivity index (χ0) is 25.8. The fraction of sp³-hybridized carbons (Fsp3) is 0.704. The number of nitrogens with one attached hydrogen (secondary N) is 2. The molecule has 5 aliphatic carbocycles. The molecule has 202 valence electrons. The van der Waals surface area contributed by atoms with Crippen LogP contribution in [0.1, 0.15) is 57.8 Å². The lowest BCUT2D eigenvalue weighted by atomic mass is 9.51. The number of benzene rings is 1. The summed E-state index contributed by atoms with van der Waals surface area (Å²) in [5, 5.41) is 12.3. The number of hydrogen-bond donors (Lipinski definition) is 3. The van der Waals surface area contributed by atoms with Gasteiger partial charge in [-0.15, -0.1) is 0 Å². The highest BCUT2D eigenvalue weighted by atomic mass is 32.2. The molecule has 0 unspecified atom stereocenters. The summed E-state index contributed by atoms with van der Waals surface area (Å²) in [6.07, 6.45) is 8.54. The Balaban J connectivity index is 1.08. The third kappa shape index (κ3) is 4.44. The van der Waals surface area contributed by atoms with Crippen LogP contribution < -0.4 is 15.5 Å². The maximum absolute atomic E-state index is 13.6. The van der Waals surface area contributed by atoms with Crippen molar-refractivity contribution in [1.82, 2.24) is 15.7 Å². The Hall–Kier alpha value is -2.17. The number of amides is 2. The lowest BCUT2D eigenvalue weighted by Crippen LogP contribution is -2.58. The number of carbonyl (C=O) groups is 2. The van der Waals surface area contributed by atoms with Crippen LogP contribution in [0.25, 0.3) is 0 Å². The van der Waals surface area contributed by atoms with Crippen LogP contribution in [-0.4, -0.2) is 60.9 Å². The number of sulfone groups is 1. The van der Waals surface area contributed by atoms with Gasteiger partial charge < -0.3 is 15.0 Å². The summed E-state index contributed by atoms with van der Waals surface area (Å²) in [6.45, 7) is 1.03. The SMILES string of the molecule is O=C(NCOc1ccc(S(=O)(=O)C2(C(=O)NO)CCN(C3CC3)CC2)cc1)C1C2CC3CC(C2)CC1C3. The molecule has 6 fully saturated rings. The number of ether oxygens (including phenoxy) is 1. The number of rotatable bonds is 8. The first-order valence-electron chi connectivity index (χ1n) is 13.7. The first-order valence-corrected chi connectivity index (χ1v) is 15.2. The Morgan fingerprint density at radius 2 is 1.57 bits per heavy atom. The predicted octanol–water partition coefficient (Wildman–Crippen LogP) is 2.49. The minimum absolute atomic E-state index is 0.0148. The van der Waals surface area contributed by atoms with Crippen molar-refractivity contribution in [2.75, 3.05) is 19.8 Å². The lowest BCUT2D eigenvalue weighted by Gasteiger charge is -2.53. The van der Waals surface area contributed by atoms with Crippen LogP contribution in [0.5, 0.6) is 5.75 Å². The van der Waals surface area contributed by atoms with Crippen LogP contribution in [0, 0.1) is 29.6 Å². The van der Waals surface area contributed by atoms with Crippen molar-refractivity contribution in [3.8, 4) is 5.75 Å². The highest BCUT2D eigenvalue weighted by molar-refractivity contribution is 7.93. The van der Waals surface area contributed by atoms with Crippen molar-refractivity contribution in [3.63, 3.8) is 0 Å². The quantitative estimate of drug-likeness (QED) is 0.267. The van der Waals surface area contributed by atoms with E-state index in [0.717, 1.165) is 24.7 Å². The van der Waals surface area contributed by atoms with Gasteiger partial charge in [-0.25, -0.2) is 13.9 Å². The van der Waals surface area contributed by atoms with Crippen LogP contribution >= 0.6 is 0 Å². The van der Waals surface area contributed by atoms with Crippen molar-refractivity contribution in [2.45, 2.75) is 73.5 Å². The average molecular weight is 532 g/mol. The van der Waals surface area contributed by atoms with E-state index in [1.807, 2.05) is 0 Å². The van der Waals surface area contributed by atoms with Gasteiger partial charge in [-0.2, -0.15) is 0 Å².